The highest BCUT2D eigenvalue weighted by molar-refractivity contribution is 9.11. The van der Waals surface area contributed by atoms with E-state index < -0.39 is 11.8 Å². The normalized spacial score (nSPS) is 14.6. The molecule has 1 aliphatic rings. The van der Waals surface area contributed by atoms with Gasteiger partial charge in [-0.05, 0) is 73.4 Å². The second kappa shape index (κ2) is 8.55. The maximum Gasteiger partial charge on any atom is 0.265 e. The quantitative estimate of drug-likeness (QED) is 0.339. The zero-order chi connectivity index (χ0) is 20.4. The zero-order valence-electron chi connectivity index (χ0n) is 15.1. The van der Waals surface area contributed by atoms with Crippen molar-refractivity contribution in [2.45, 2.75) is 6.61 Å². The van der Waals surface area contributed by atoms with E-state index in [1.807, 2.05) is 30.3 Å². The second-order valence-electron chi connectivity index (χ2n) is 6.16. The number of hydrogen-bond donors (Lipinski definition) is 0. The van der Waals surface area contributed by atoms with Crippen LogP contribution in [0.3, 0.4) is 0 Å². The maximum absolute atomic E-state index is 12.5. The third kappa shape index (κ3) is 4.19. The first-order valence-electron chi connectivity index (χ1n) is 8.27. The molecule has 5 nitrogen and oxygen atoms in total. The molecule has 8 heteroatoms. The summed E-state index contributed by atoms with van der Waals surface area (Å²) in [6.07, 6.45) is 1.55. The number of hydrogen-bond acceptors (Lipinski definition) is 4. The van der Waals surface area contributed by atoms with E-state index >= 15 is 0 Å². The van der Waals surface area contributed by atoms with Gasteiger partial charge in [-0.1, -0.05) is 30.3 Å². The number of thiocarbonyl (C=S) groups is 1. The number of rotatable bonds is 4. The van der Waals surface area contributed by atoms with Gasteiger partial charge in [-0.2, -0.15) is 0 Å². The molecule has 0 radical (unpaired) electrons. The minimum absolute atomic E-state index is 0.0513. The summed E-state index contributed by atoms with van der Waals surface area (Å²) in [5.41, 5.74) is 1.78. The van der Waals surface area contributed by atoms with Crippen molar-refractivity contribution in [3.05, 3.63) is 68.1 Å². The van der Waals surface area contributed by atoms with Gasteiger partial charge in [0, 0.05) is 14.1 Å². The Morgan fingerprint density at radius 3 is 2.07 bits per heavy atom. The summed E-state index contributed by atoms with van der Waals surface area (Å²) in [6.45, 7) is 0.419. The highest BCUT2D eigenvalue weighted by Crippen LogP contribution is 2.36. The summed E-state index contributed by atoms with van der Waals surface area (Å²) in [4.78, 5) is 27.5. The topological polar surface area (TPSA) is 49.9 Å². The number of benzene rings is 2. The average Bonchev–Trinajstić information content (AvgIpc) is 2.68. The van der Waals surface area contributed by atoms with Crippen molar-refractivity contribution >= 4 is 67.1 Å². The van der Waals surface area contributed by atoms with Crippen LogP contribution in [0.2, 0.25) is 0 Å². The molecule has 1 fully saturated rings. The van der Waals surface area contributed by atoms with E-state index in [1.54, 1.807) is 32.3 Å². The van der Waals surface area contributed by atoms with Crippen LogP contribution in [0.4, 0.5) is 0 Å². The second-order valence-corrected chi connectivity index (χ2v) is 8.23. The lowest BCUT2D eigenvalue weighted by atomic mass is 10.1. The number of halogens is 2. The van der Waals surface area contributed by atoms with Crippen LogP contribution < -0.4 is 4.74 Å². The third-order valence-corrected chi connectivity index (χ3v) is 5.93. The molecular weight excluding hydrogens is 508 g/mol. The molecule has 144 valence electrons. The van der Waals surface area contributed by atoms with Gasteiger partial charge in [-0.15, -0.1) is 0 Å². The van der Waals surface area contributed by atoms with E-state index in [4.69, 9.17) is 17.0 Å². The zero-order valence-corrected chi connectivity index (χ0v) is 19.1. The van der Waals surface area contributed by atoms with Gasteiger partial charge in [-0.3, -0.25) is 19.4 Å². The Bertz CT molecular complexity index is 943. The molecule has 0 atom stereocenters. The third-order valence-electron chi connectivity index (χ3n) is 4.20. The van der Waals surface area contributed by atoms with Crippen molar-refractivity contribution in [3.63, 3.8) is 0 Å². The van der Waals surface area contributed by atoms with Gasteiger partial charge in [0.25, 0.3) is 11.8 Å². The molecule has 0 spiro atoms. The smallest absolute Gasteiger partial charge is 0.265 e. The Morgan fingerprint density at radius 1 is 1.00 bits per heavy atom. The van der Waals surface area contributed by atoms with Gasteiger partial charge in [0.2, 0.25) is 0 Å². The van der Waals surface area contributed by atoms with Crippen molar-refractivity contribution in [1.29, 1.82) is 0 Å². The average molecular weight is 524 g/mol. The number of likely N-dealkylation sites (N-methyl/N-ethyl adjacent to an activating group) is 2. The van der Waals surface area contributed by atoms with Crippen LogP contribution in [-0.4, -0.2) is 40.8 Å². The molecule has 28 heavy (non-hydrogen) atoms. The summed E-state index contributed by atoms with van der Waals surface area (Å²) in [6, 6.07) is 13.4. The summed E-state index contributed by atoms with van der Waals surface area (Å²) >= 11 is 12.1. The molecule has 0 aliphatic carbocycles. The van der Waals surface area contributed by atoms with Gasteiger partial charge in [-0.25, -0.2) is 0 Å². The lowest BCUT2D eigenvalue weighted by Gasteiger charge is -2.31. The van der Waals surface area contributed by atoms with E-state index in [2.05, 4.69) is 31.9 Å². The Balaban J connectivity index is 1.88. The Morgan fingerprint density at radius 2 is 1.54 bits per heavy atom. The van der Waals surface area contributed by atoms with Gasteiger partial charge in [0.05, 0.1) is 8.95 Å². The minimum atomic E-state index is -0.426. The molecule has 1 aliphatic heterocycles. The molecule has 2 aromatic carbocycles. The van der Waals surface area contributed by atoms with Crippen molar-refractivity contribution < 1.29 is 14.3 Å². The van der Waals surface area contributed by atoms with E-state index in [-0.39, 0.29) is 10.7 Å². The predicted molar refractivity (Wildman–Crippen MR) is 119 cm³/mol. The number of nitrogens with zero attached hydrogens (tertiary/aromatic N) is 2. The van der Waals surface area contributed by atoms with Crippen LogP contribution in [0.15, 0.2) is 57.0 Å². The minimum Gasteiger partial charge on any atom is -0.487 e. The molecule has 2 amide bonds. The van der Waals surface area contributed by atoms with Crippen molar-refractivity contribution in [2.24, 2.45) is 0 Å². The first-order valence-corrected chi connectivity index (χ1v) is 10.3. The fraction of sp³-hybridized carbons (Fsp3) is 0.150. The molecule has 0 saturated carbocycles. The molecule has 2 aromatic rings. The molecule has 0 bridgehead atoms. The monoisotopic (exact) mass is 522 g/mol. The molecule has 1 saturated heterocycles. The van der Waals surface area contributed by atoms with E-state index in [9.17, 15) is 9.59 Å². The Kier molecular flexibility index (Phi) is 6.32. The van der Waals surface area contributed by atoms with Crippen LogP contribution >= 0.6 is 44.1 Å². The first-order chi connectivity index (χ1) is 13.3. The van der Waals surface area contributed by atoms with Crippen LogP contribution in [0, 0.1) is 0 Å². The lowest BCUT2D eigenvalue weighted by Crippen LogP contribution is -2.52. The molecular formula is C20H16Br2N2O3S. The van der Waals surface area contributed by atoms with Crippen LogP contribution in [0.25, 0.3) is 6.08 Å². The molecule has 0 aromatic heterocycles. The van der Waals surface area contributed by atoms with Crippen LogP contribution in [-0.2, 0) is 16.2 Å². The predicted octanol–water partition coefficient (Wildman–Crippen LogP) is 4.39. The number of amides is 2. The number of carbonyl (C=O) groups excluding carboxylic acids is 2. The molecule has 0 N–H and O–H groups in total. The first kappa shape index (κ1) is 20.7. The van der Waals surface area contributed by atoms with Gasteiger partial charge >= 0.3 is 0 Å². The fourth-order valence-electron chi connectivity index (χ4n) is 2.67. The van der Waals surface area contributed by atoms with E-state index in [1.165, 1.54) is 9.80 Å². The highest BCUT2D eigenvalue weighted by Gasteiger charge is 2.35. The molecule has 3 rings (SSSR count). The van der Waals surface area contributed by atoms with Crippen LogP contribution in [0.5, 0.6) is 5.75 Å². The van der Waals surface area contributed by atoms with Crippen molar-refractivity contribution in [3.8, 4) is 5.75 Å². The Hall–Kier alpha value is -2.03. The molecule has 0 unspecified atom stereocenters. The van der Waals surface area contributed by atoms with Crippen LogP contribution in [0.1, 0.15) is 11.1 Å². The summed E-state index contributed by atoms with van der Waals surface area (Å²) in [5, 5.41) is 0.180. The maximum atomic E-state index is 12.5. The van der Waals surface area contributed by atoms with E-state index in [0.717, 1.165) is 5.56 Å². The SMILES string of the molecule is CN1C(=O)C(=Cc2cc(Br)c(OCc3ccccc3)c(Br)c2)C(=O)N(C)C1=S. The highest BCUT2D eigenvalue weighted by atomic mass is 79.9. The molecule has 1 heterocycles. The summed E-state index contributed by atoms with van der Waals surface area (Å²) < 4.78 is 7.32. The van der Waals surface area contributed by atoms with Crippen molar-refractivity contribution in [2.75, 3.05) is 14.1 Å². The fourth-order valence-corrected chi connectivity index (χ4v) is 4.29. The van der Waals surface area contributed by atoms with Crippen molar-refractivity contribution in [1.82, 2.24) is 9.80 Å². The van der Waals surface area contributed by atoms with Gasteiger partial charge in [0.15, 0.2) is 5.11 Å². The summed E-state index contributed by atoms with van der Waals surface area (Å²) in [7, 11) is 3.10. The largest absolute Gasteiger partial charge is 0.487 e. The van der Waals surface area contributed by atoms with E-state index in [0.29, 0.717) is 26.9 Å². The standard InChI is InChI=1S/C20H16Br2N2O3S/c1-23-18(25)14(19(26)24(2)20(23)28)8-13-9-15(21)17(16(22)10-13)27-11-12-6-4-3-5-7-12/h3-10H,11H2,1-2H3. The summed E-state index contributed by atoms with van der Waals surface area (Å²) in [5.74, 6) is -0.211. The lowest BCUT2D eigenvalue weighted by molar-refractivity contribution is -0.132. The number of carbonyl (C=O) groups is 2. The number of ether oxygens (including phenoxy) is 1. The Labute approximate surface area is 185 Å². The van der Waals surface area contributed by atoms with Gasteiger partial charge in [0.1, 0.15) is 17.9 Å². The van der Waals surface area contributed by atoms with Gasteiger partial charge < -0.3 is 4.74 Å².